The first-order chi connectivity index (χ1) is 7.74. The molecule has 1 aromatic rings. The van der Waals surface area contributed by atoms with Gasteiger partial charge in [-0.15, -0.1) is 18.2 Å². The fourth-order valence-electron chi connectivity index (χ4n) is 1.13. The number of aromatic carboxylic acids is 1. The van der Waals surface area contributed by atoms with E-state index >= 15 is 0 Å². The molecule has 0 aliphatic rings. The summed E-state index contributed by atoms with van der Waals surface area (Å²) in [6.07, 6.45) is 5.12. The molecular weight excluding hydrogens is 222 g/mol. The van der Waals surface area contributed by atoms with Gasteiger partial charge in [0.05, 0.1) is 11.3 Å². The van der Waals surface area contributed by atoms with Crippen molar-refractivity contribution < 1.29 is 9.90 Å². The third-order valence-electron chi connectivity index (χ3n) is 1.89. The quantitative estimate of drug-likeness (QED) is 0.586. The van der Waals surface area contributed by atoms with Crippen molar-refractivity contribution in [1.29, 1.82) is 0 Å². The van der Waals surface area contributed by atoms with E-state index in [0.717, 1.165) is 23.7 Å². The third-order valence-corrected chi connectivity index (χ3v) is 2.76. The van der Waals surface area contributed by atoms with Crippen molar-refractivity contribution in [3.63, 3.8) is 0 Å². The number of terminal acetylenes is 1. The van der Waals surface area contributed by atoms with Crippen LogP contribution >= 0.6 is 11.8 Å². The molecule has 0 saturated carbocycles. The van der Waals surface area contributed by atoms with Crippen molar-refractivity contribution in [3.8, 4) is 12.3 Å². The van der Waals surface area contributed by atoms with Gasteiger partial charge in [0.25, 0.3) is 0 Å². The van der Waals surface area contributed by atoms with Gasteiger partial charge in [0.15, 0.2) is 0 Å². The molecule has 0 bridgehead atoms. The highest BCUT2D eigenvalue weighted by atomic mass is 32.2. The summed E-state index contributed by atoms with van der Waals surface area (Å²) in [7, 11) is 0. The van der Waals surface area contributed by atoms with Gasteiger partial charge < -0.3 is 10.4 Å². The van der Waals surface area contributed by atoms with Gasteiger partial charge in [0.1, 0.15) is 0 Å². The summed E-state index contributed by atoms with van der Waals surface area (Å²) in [6, 6.07) is 6.68. The SMILES string of the molecule is C#CCSCCNc1ccc(C(=O)O)cc1. The molecule has 0 atom stereocenters. The molecule has 4 heteroatoms. The largest absolute Gasteiger partial charge is 0.478 e. The maximum atomic E-state index is 10.6. The van der Waals surface area contributed by atoms with Crippen LogP contribution in [0.15, 0.2) is 24.3 Å². The van der Waals surface area contributed by atoms with Crippen LogP contribution in [-0.4, -0.2) is 29.1 Å². The summed E-state index contributed by atoms with van der Waals surface area (Å²) in [5, 5.41) is 11.9. The molecule has 0 aliphatic heterocycles. The van der Waals surface area contributed by atoms with Crippen molar-refractivity contribution in [2.75, 3.05) is 23.4 Å². The Bertz CT molecular complexity index is 381. The second kappa shape index (κ2) is 6.81. The van der Waals surface area contributed by atoms with E-state index in [9.17, 15) is 4.79 Å². The zero-order chi connectivity index (χ0) is 11.8. The molecule has 0 fully saturated rings. The number of carboxylic acids is 1. The fourth-order valence-corrected chi connectivity index (χ4v) is 1.64. The number of carbonyl (C=O) groups is 1. The van der Waals surface area contributed by atoms with Gasteiger partial charge in [0.2, 0.25) is 0 Å². The van der Waals surface area contributed by atoms with Gasteiger partial charge in [-0.05, 0) is 24.3 Å². The Morgan fingerprint density at radius 3 is 2.69 bits per heavy atom. The zero-order valence-corrected chi connectivity index (χ0v) is 9.59. The van der Waals surface area contributed by atoms with Crippen LogP contribution < -0.4 is 5.32 Å². The number of thioether (sulfide) groups is 1. The fraction of sp³-hybridized carbons (Fsp3) is 0.250. The average Bonchev–Trinajstić information content (AvgIpc) is 2.29. The van der Waals surface area contributed by atoms with E-state index in [-0.39, 0.29) is 0 Å². The Balaban J connectivity index is 2.33. The van der Waals surface area contributed by atoms with Gasteiger partial charge in [-0.2, -0.15) is 0 Å². The predicted molar refractivity (Wildman–Crippen MR) is 68.0 cm³/mol. The number of rotatable bonds is 6. The number of hydrogen-bond donors (Lipinski definition) is 2. The average molecular weight is 235 g/mol. The van der Waals surface area contributed by atoms with Crippen LogP contribution in [0, 0.1) is 12.3 Å². The number of carboxylic acid groups (broad SMARTS) is 1. The summed E-state index contributed by atoms with van der Waals surface area (Å²) < 4.78 is 0. The molecular formula is C12H13NO2S. The first-order valence-electron chi connectivity index (χ1n) is 4.82. The van der Waals surface area contributed by atoms with Crippen LogP contribution in [-0.2, 0) is 0 Å². The highest BCUT2D eigenvalue weighted by Crippen LogP contribution is 2.09. The third kappa shape index (κ3) is 4.28. The second-order valence-electron chi connectivity index (χ2n) is 3.07. The standard InChI is InChI=1S/C12H13NO2S/c1-2-8-16-9-7-13-11-5-3-10(4-6-11)12(14)15/h1,3-6,13H,7-9H2,(H,14,15). The van der Waals surface area contributed by atoms with Crippen LogP contribution in [0.2, 0.25) is 0 Å². The molecule has 0 heterocycles. The lowest BCUT2D eigenvalue weighted by atomic mass is 10.2. The highest BCUT2D eigenvalue weighted by molar-refractivity contribution is 7.99. The Kier molecular flexibility index (Phi) is 5.30. The van der Waals surface area contributed by atoms with Gasteiger partial charge in [-0.3, -0.25) is 0 Å². The van der Waals surface area contributed by atoms with Crippen LogP contribution in [0.4, 0.5) is 5.69 Å². The first kappa shape index (κ1) is 12.5. The molecule has 0 spiro atoms. The van der Waals surface area contributed by atoms with E-state index in [2.05, 4.69) is 11.2 Å². The maximum Gasteiger partial charge on any atom is 0.335 e. The van der Waals surface area contributed by atoms with Gasteiger partial charge in [-0.25, -0.2) is 4.79 Å². The van der Waals surface area contributed by atoms with E-state index in [1.165, 1.54) is 0 Å². The lowest BCUT2D eigenvalue weighted by Gasteiger charge is -2.05. The molecule has 0 radical (unpaired) electrons. The van der Waals surface area contributed by atoms with Crippen molar-refractivity contribution in [1.82, 2.24) is 0 Å². The molecule has 0 aliphatic carbocycles. The minimum atomic E-state index is -0.906. The topological polar surface area (TPSA) is 49.3 Å². The minimum absolute atomic E-state index is 0.298. The summed E-state index contributed by atoms with van der Waals surface area (Å²) in [5.41, 5.74) is 1.22. The van der Waals surface area contributed by atoms with Gasteiger partial charge in [0, 0.05) is 18.0 Å². The summed E-state index contributed by atoms with van der Waals surface area (Å²) >= 11 is 1.69. The van der Waals surface area contributed by atoms with Gasteiger partial charge in [-0.1, -0.05) is 5.92 Å². The molecule has 3 nitrogen and oxygen atoms in total. The number of anilines is 1. The van der Waals surface area contributed by atoms with Crippen molar-refractivity contribution in [2.24, 2.45) is 0 Å². The zero-order valence-electron chi connectivity index (χ0n) is 8.77. The molecule has 0 saturated heterocycles. The summed E-state index contributed by atoms with van der Waals surface area (Å²) in [4.78, 5) is 10.6. The monoisotopic (exact) mass is 235 g/mol. The lowest BCUT2D eigenvalue weighted by molar-refractivity contribution is 0.0697. The van der Waals surface area contributed by atoms with Crippen molar-refractivity contribution >= 4 is 23.4 Å². The molecule has 0 amide bonds. The Morgan fingerprint density at radius 2 is 2.12 bits per heavy atom. The maximum absolute atomic E-state index is 10.6. The number of hydrogen-bond acceptors (Lipinski definition) is 3. The van der Waals surface area contributed by atoms with Gasteiger partial charge >= 0.3 is 5.97 Å². The predicted octanol–water partition coefficient (Wildman–Crippen LogP) is 2.16. The molecule has 0 aromatic heterocycles. The smallest absolute Gasteiger partial charge is 0.335 e. The van der Waals surface area contributed by atoms with Crippen LogP contribution in [0.25, 0.3) is 0 Å². The normalized spacial score (nSPS) is 9.44. The molecule has 84 valence electrons. The lowest BCUT2D eigenvalue weighted by Crippen LogP contribution is -2.04. The summed E-state index contributed by atoms with van der Waals surface area (Å²) in [5.74, 6) is 3.31. The van der Waals surface area contributed by atoms with Crippen molar-refractivity contribution in [2.45, 2.75) is 0 Å². The van der Waals surface area contributed by atoms with E-state index in [1.54, 1.807) is 36.0 Å². The highest BCUT2D eigenvalue weighted by Gasteiger charge is 2.00. The van der Waals surface area contributed by atoms with Crippen LogP contribution in [0.1, 0.15) is 10.4 Å². The molecule has 1 rings (SSSR count). The van der Waals surface area contributed by atoms with E-state index in [0.29, 0.717) is 5.56 Å². The van der Waals surface area contributed by atoms with E-state index < -0.39 is 5.97 Å². The first-order valence-corrected chi connectivity index (χ1v) is 5.98. The van der Waals surface area contributed by atoms with E-state index in [1.807, 2.05) is 0 Å². The van der Waals surface area contributed by atoms with Crippen LogP contribution in [0.5, 0.6) is 0 Å². The van der Waals surface area contributed by atoms with E-state index in [4.69, 9.17) is 11.5 Å². The molecule has 16 heavy (non-hydrogen) atoms. The molecule has 0 unspecified atom stereocenters. The minimum Gasteiger partial charge on any atom is -0.478 e. The Morgan fingerprint density at radius 1 is 1.44 bits per heavy atom. The Labute approximate surface area is 99.2 Å². The molecule has 1 aromatic carbocycles. The Hall–Kier alpha value is -1.60. The van der Waals surface area contributed by atoms with Crippen molar-refractivity contribution in [3.05, 3.63) is 29.8 Å². The second-order valence-corrected chi connectivity index (χ2v) is 4.17. The molecule has 2 N–H and O–H groups in total. The summed E-state index contributed by atoms with van der Waals surface area (Å²) in [6.45, 7) is 0.818. The number of nitrogens with one attached hydrogen (secondary N) is 1. The van der Waals surface area contributed by atoms with Crippen LogP contribution in [0.3, 0.4) is 0 Å². The number of benzene rings is 1.